The number of rotatable bonds is 5. The molecule has 0 aliphatic heterocycles. The molecule has 0 fully saturated rings. The number of hydrogen-bond donors (Lipinski definition) is 1. The molecule has 0 saturated heterocycles. The standard InChI is InChI=1S/C16H14F3N3O2S/c1-10(24-12-5-2-4-11(8-12)16(17,18)19)14-20-21-15(25)22(14)9-13-6-3-7-23-13/h2-8,10H,9H2,1H3,(H,21,25). The molecule has 3 rings (SSSR count). The quantitative estimate of drug-likeness (QED) is 0.660. The van der Waals surface area contributed by atoms with E-state index in [1.54, 1.807) is 29.9 Å². The van der Waals surface area contributed by atoms with Crippen LogP contribution in [0.5, 0.6) is 5.75 Å². The number of H-pyrrole nitrogens is 1. The number of halogens is 3. The van der Waals surface area contributed by atoms with Crippen molar-refractivity contribution in [3.8, 4) is 5.75 Å². The van der Waals surface area contributed by atoms with Crippen molar-refractivity contribution >= 4 is 12.2 Å². The molecular formula is C16H14F3N3O2S. The lowest BCUT2D eigenvalue weighted by Gasteiger charge is -2.16. The summed E-state index contributed by atoms with van der Waals surface area (Å²) in [5.41, 5.74) is -0.772. The molecule has 1 unspecified atom stereocenters. The van der Waals surface area contributed by atoms with Crippen LogP contribution in [0.3, 0.4) is 0 Å². The van der Waals surface area contributed by atoms with Crippen molar-refractivity contribution < 1.29 is 22.3 Å². The van der Waals surface area contributed by atoms with E-state index >= 15 is 0 Å². The molecule has 3 aromatic rings. The SMILES string of the molecule is CC(Oc1cccc(C(F)(F)F)c1)c1n[nH]c(=S)n1Cc1ccco1. The number of alkyl halides is 3. The Morgan fingerprint density at radius 2 is 2.12 bits per heavy atom. The Bertz CT molecular complexity index is 900. The Hall–Kier alpha value is -2.55. The van der Waals surface area contributed by atoms with Crippen LogP contribution in [0.25, 0.3) is 0 Å². The van der Waals surface area contributed by atoms with Gasteiger partial charge in [0.15, 0.2) is 16.7 Å². The van der Waals surface area contributed by atoms with Crippen molar-refractivity contribution in [3.05, 3.63) is 64.6 Å². The van der Waals surface area contributed by atoms with Gasteiger partial charge in [0, 0.05) is 0 Å². The first-order valence-corrected chi connectivity index (χ1v) is 7.77. The van der Waals surface area contributed by atoms with E-state index in [2.05, 4.69) is 10.2 Å². The molecule has 1 atom stereocenters. The molecular weight excluding hydrogens is 355 g/mol. The highest BCUT2D eigenvalue weighted by Crippen LogP contribution is 2.32. The predicted octanol–water partition coefficient (Wildman–Crippen LogP) is 4.74. The Balaban J connectivity index is 1.83. The second kappa shape index (κ2) is 6.75. The first kappa shape index (κ1) is 17.3. The van der Waals surface area contributed by atoms with Gasteiger partial charge in [-0.15, -0.1) is 0 Å². The van der Waals surface area contributed by atoms with E-state index < -0.39 is 17.8 Å². The Labute approximate surface area is 146 Å². The van der Waals surface area contributed by atoms with Gasteiger partial charge in [-0.2, -0.15) is 18.3 Å². The van der Waals surface area contributed by atoms with Crippen molar-refractivity contribution in [2.75, 3.05) is 0 Å². The van der Waals surface area contributed by atoms with Crippen molar-refractivity contribution in [1.82, 2.24) is 14.8 Å². The van der Waals surface area contributed by atoms with Crippen molar-refractivity contribution in [2.24, 2.45) is 0 Å². The third-order valence-corrected chi connectivity index (χ3v) is 3.83. The lowest BCUT2D eigenvalue weighted by atomic mass is 10.2. The normalized spacial score (nSPS) is 13.0. The van der Waals surface area contributed by atoms with Gasteiger partial charge < -0.3 is 9.15 Å². The molecule has 0 radical (unpaired) electrons. The smallest absolute Gasteiger partial charge is 0.416 e. The largest absolute Gasteiger partial charge is 0.483 e. The minimum atomic E-state index is -4.43. The average molecular weight is 369 g/mol. The van der Waals surface area contributed by atoms with Crippen LogP contribution < -0.4 is 4.74 Å². The summed E-state index contributed by atoms with van der Waals surface area (Å²) in [6.45, 7) is 2.03. The lowest BCUT2D eigenvalue weighted by molar-refractivity contribution is -0.137. The highest BCUT2D eigenvalue weighted by molar-refractivity contribution is 7.71. The second-order valence-corrected chi connectivity index (χ2v) is 5.72. The Morgan fingerprint density at radius 1 is 1.32 bits per heavy atom. The van der Waals surface area contributed by atoms with Gasteiger partial charge in [0.2, 0.25) is 0 Å². The maximum atomic E-state index is 12.8. The summed E-state index contributed by atoms with van der Waals surface area (Å²) in [6.07, 6.45) is -3.50. The molecule has 9 heteroatoms. The van der Waals surface area contributed by atoms with Gasteiger partial charge in [-0.05, 0) is 49.5 Å². The van der Waals surface area contributed by atoms with Crippen LogP contribution in [0, 0.1) is 4.77 Å². The lowest BCUT2D eigenvalue weighted by Crippen LogP contribution is -2.13. The molecule has 2 heterocycles. The number of aromatic amines is 1. The number of benzene rings is 1. The number of nitrogens with one attached hydrogen (secondary N) is 1. The molecule has 0 aliphatic carbocycles. The Kier molecular flexibility index (Phi) is 4.67. The molecule has 0 spiro atoms. The van der Waals surface area contributed by atoms with E-state index in [1.807, 2.05) is 0 Å². The van der Waals surface area contributed by atoms with E-state index in [0.29, 0.717) is 22.9 Å². The van der Waals surface area contributed by atoms with Gasteiger partial charge in [0.1, 0.15) is 11.5 Å². The van der Waals surface area contributed by atoms with Crippen LogP contribution in [0.1, 0.15) is 30.2 Å². The van der Waals surface area contributed by atoms with Crippen LogP contribution in [-0.2, 0) is 12.7 Å². The van der Waals surface area contributed by atoms with Crippen LogP contribution in [0.2, 0.25) is 0 Å². The van der Waals surface area contributed by atoms with E-state index in [1.165, 1.54) is 12.1 Å². The molecule has 0 aliphatic rings. The van der Waals surface area contributed by atoms with E-state index in [4.69, 9.17) is 21.4 Å². The highest BCUT2D eigenvalue weighted by atomic mass is 32.1. The average Bonchev–Trinajstić information content (AvgIpc) is 3.18. The maximum Gasteiger partial charge on any atom is 0.416 e. The molecule has 1 N–H and O–H groups in total. The van der Waals surface area contributed by atoms with Crippen molar-refractivity contribution in [2.45, 2.75) is 25.7 Å². The zero-order chi connectivity index (χ0) is 18.0. The fourth-order valence-electron chi connectivity index (χ4n) is 2.35. The molecule has 25 heavy (non-hydrogen) atoms. The van der Waals surface area contributed by atoms with Crippen LogP contribution in [0.15, 0.2) is 47.1 Å². The summed E-state index contributed by atoms with van der Waals surface area (Å²) < 4.78 is 51.4. The number of ether oxygens (including phenoxy) is 1. The fraction of sp³-hybridized carbons (Fsp3) is 0.250. The molecule has 2 aromatic heterocycles. The third-order valence-electron chi connectivity index (χ3n) is 3.52. The highest BCUT2D eigenvalue weighted by Gasteiger charge is 2.30. The summed E-state index contributed by atoms with van der Waals surface area (Å²) in [5, 5.41) is 6.79. The Morgan fingerprint density at radius 3 is 2.80 bits per heavy atom. The zero-order valence-electron chi connectivity index (χ0n) is 13.1. The van der Waals surface area contributed by atoms with Crippen LogP contribution in [0.4, 0.5) is 13.2 Å². The summed E-state index contributed by atoms with van der Waals surface area (Å²) in [5.74, 6) is 1.23. The topological polar surface area (TPSA) is 56.0 Å². The monoisotopic (exact) mass is 369 g/mol. The molecule has 132 valence electrons. The minimum absolute atomic E-state index is 0.0980. The molecule has 0 bridgehead atoms. The second-order valence-electron chi connectivity index (χ2n) is 5.34. The first-order valence-electron chi connectivity index (χ1n) is 7.36. The van der Waals surface area contributed by atoms with Crippen molar-refractivity contribution in [1.29, 1.82) is 0 Å². The van der Waals surface area contributed by atoms with Gasteiger partial charge in [-0.3, -0.25) is 9.67 Å². The number of aromatic nitrogens is 3. The summed E-state index contributed by atoms with van der Waals surface area (Å²) in [4.78, 5) is 0. The molecule has 0 saturated carbocycles. The van der Waals surface area contributed by atoms with Gasteiger partial charge >= 0.3 is 6.18 Å². The van der Waals surface area contributed by atoms with Gasteiger partial charge in [0.05, 0.1) is 18.4 Å². The van der Waals surface area contributed by atoms with E-state index in [9.17, 15) is 13.2 Å². The molecule has 5 nitrogen and oxygen atoms in total. The van der Waals surface area contributed by atoms with Crippen molar-refractivity contribution in [3.63, 3.8) is 0 Å². The fourth-order valence-corrected chi connectivity index (χ4v) is 2.56. The van der Waals surface area contributed by atoms with E-state index in [-0.39, 0.29) is 5.75 Å². The van der Waals surface area contributed by atoms with Crippen LogP contribution >= 0.6 is 12.2 Å². The number of nitrogens with zero attached hydrogens (tertiary/aromatic N) is 2. The minimum Gasteiger partial charge on any atom is -0.483 e. The summed E-state index contributed by atoms with van der Waals surface area (Å²) in [6, 6.07) is 8.24. The number of hydrogen-bond acceptors (Lipinski definition) is 4. The summed E-state index contributed by atoms with van der Waals surface area (Å²) >= 11 is 5.20. The summed E-state index contributed by atoms with van der Waals surface area (Å²) in [7, 11) is 0. The molecule has 0 amide bonds. The molecule has 1 aromatic carbocycles. The van der Waals surface area contributed by atoms with Gasteiger partial charge in [-0.25, -0.2) is 0 Å². The number of furan rings is 1. The maximum absolute atomic E-state index is 12.8. The van der Waals surface area contributed by atoms with Gasteiger partial charge in [0.25, 0.3) is 0 Å². The predicted molar refractivity (Wildman–Crippen MR) is 85.7 cm³/mol. The van der Waals surface area contributed by atoms with E-state index in [0.717, 1.165) is 12.1 Å². The van der Waals surface area contributed by atoms with Crippen LogP contribution in [-0.4, -0.2) is 14.8 Å². The van der Waals surface area contributed by atoms with Gasteiger partial charge in [-0.1, -0.05) is 6.07 Å². The first-order chi connectivity index (χ1) is 11.8. The third kappa shape index (κ3) is 3.93. The zero-order valence-corrected chi connectivity index (χ0v) is 13.9.